The maximum atomic E-state index is 7.45. The van der Waals surface area contributed by atoms with Crippen molar-refractivity contribution in [3.8, 4) is 5.75 Å². The van der Waals surface area contributed by atoms with E-state index in [1.54, 1.807) is 30.6 Å². The van der Waals surface area contributed by atoms with Gasteiger partial charge in [-0.25, -0.2) is 0 Å². The average Bonchev–Trinajstić information content (AvgIpc) is 2.91. The molecule has 0 atom stereocenters. The minimum atomic E-state index is 0.0437. The summed E-state index contributed by atoms with van der Waals surface area (Å²) in [5.41, 5.74) is 7.05. The number of hydrogen-bond donors (Lipinski definition) is 2. The first kappa shape index (κ1) is 13.6. The second-order valence-electron chi connectivity index (χ2n) is 4.01. The van der Waals surface area contributed by atoms with Crippen LogP contribution in [0.1, 0.15) is 16.0 Å². The molecule has 0 saturated carbocycles. The monoisotopic (exact) mass is 276 g/mol. The van der Waals surface area contributed by atoms with Gasteiger partial charge in [0.25, 0.3) is 0 Å². The molecule has 19 heavy (non-hydrogen) atoms. The zero-order valence-electron chi connectivity index (χ0n) is 10.7. The summed E-state index contributed by atoms with van der Waals surface area (Å²) in [6.07, 6.45) is 0. The van der Waals surface area contributed by atoms with Crippen LogP contribution in [0.2, 0.25) is 0 Å². The Kier molecular flexibility index (Phi) is 4.54. The number of nitrogens with two attached hydrogens (primary N) is 1. The molecule has 0 bridgehead atoms. The predicted molar refractivity (Wildman–Crippen MR) is 76.8 cm³/mol. The first-order valence-electron chi connectivity index (χ1n) is 5.82. The molecule has 0 fully saturated rings. The largest absolute Gasteiger partial charge is 0.496 e. The first-order valence-corrected chi connectivity index (χ1v) is 6.70. The summed E-state index contributed by atoms with van der Waals surface area (Å²) in [5, 5.41) is 9.47. The zero-order valence-corrected chi connectivity index (χ0v) is 11.5. The molecule has 1 aromatic carbocycles. The highest BCUT2D eigenvalue weighted by Crippen LogP contribution is 2.21. The van der Waals surface area contributed by atoms with E-state index in [4.69, 9.17) is 20.6 Å². The SMILES string of the molecule is COc1ccc(C(=N)N)cc1COCc1cccs1. The van der Waals surface area contributed by atoms with Crippen molar-refractivity contribution in [2.24, 2.45) is 5.73 Å². The number of ether oxygens (including phenoxy) is 2. The Bertz CT molecular complexity index is 553. The van der Waals surface area contributed by atoms with Gasteiger partial charge >= 0.3 is 0 Å². The fourth-order valence-corrected chi connectivity index (χ4v) is 2.36. The standard InChI is InChI=1S/C14H16N2O2S/c1-17-13-5-4-10(14(15)16)7-11(13)8-18-9-12-3-2-6-19-12/h2-7H,8-9H2,1H3,(H3,15,16). The van der Waals surface area contributed by atoms with Gasteiger partial charge in [0.05, 0.1) is 20.3 Å². The van der Waals surface area contributed by atoms with Gasteiger partial charge in [0.2, 0.25) is 0 Å². The highest BCUT2D eigenvalue weighted by molar-refractivity contribution is 7.09. The van der Waals surface area contributed by atoms with Crippen molar-refractivity contribution < 1.29 is 9.47 Å². The lowest BCUT2D eigenvalue weighted by atomic mass is 10.1. The molecule has 4 nitrogen and oxygen atoms in total. The third kappa shape index (κ3) is 3.56. The molecule has 100 valence electrons. The number of hydrogen-bond acceptors (Lipinski definition) is 4. The lowest BCUT2D eigenvalue weighted by Gasteiger charge is -2.10. The summed E-state index contributed by atoms with van der Waals surface area (Å²) >= 11 is 1.67. The van der Waals surface area contributed by atoms with Crippen molar-refractivity contribution in [2.75, 3.05) is 7.11 Å². The Morgan fingerprint density at radius 2 is 2.16 bits per heavy atom. The van der Waals surface area contributed by atoms with Crippen LogP contribution in [0.5, 0.6) is 5.75 Å². The Balaban J connectivity index is 2.04. The van der Waals surface area contributed by atoms with Gasteiger partial charge in [-0.05, 0) is 29.6 Å². The van der Waals surface area contributed by atoms with E-state index in [2.05, 4.69) is 0 Å². The molecule has 1 aromatic heterocycles. The van der Waals surface area contributed by atoms with E-state index in [-0.39, 0.29) is 5.84 Å². The number of benzene rings is 1. The Labute approximate surface area is 116 Å². The van der Waals surface area contributed by atoms with Gasteiger partial charge in [-0.3, -0.25) is 5.41 Å². The number of nitrogen functional groups attached to an aromatic ring is 1. The highest BCUT2D eigenvalue weighted by Gasteiger charge is 2.06. The quantitative estimate of drug-likeness (QED) is 0.629. The zero-order chi connectivity index (χ0) is 13.7. The molecule has 0 saturated heterocycles. The summed E-state index contributed by atoms with van der Waals surface area (Å²) in [6, 6.07) is 9.44. The van der Waals surface area contributed by atoms with Crippen LogP contribution in [0.3, 0.4) is 0 Å². The number of methoxy groups -OCH3 is 1. The Morgan fingerprint density at radius 1 is 1.32 bits per heavy atom. The molecule has 5 heteroatoms. The maximum Gasteiger partial charge on any atom is 0.124 e. The normalized spacial score (nSPS) is 10.4. The lowest BCUT2D eigenvalue weighted by Crippen LogP contribution is -2.11. The van der Waals surface area contributed by atoms with E-state index in [9.17, 15) is 0 Å². The molecule has 2 aromatic rings. The van der Waals surface area contributed by atoms with E-state index in [1.165, 1.54) is 4.88 Å². The molecule has 0 amide bonds. The fraction of sp³-hybridized carbons (Fsp3) is 0.214. The Morgan fingerprint density at radius 3 is 2.79 bits per heavy atom. The third-order valence-corrected chi connectivity index (χ3v) is 3.52. The smallest absolute Gasteiger partial charge is 0.124 e. The van der Waals surface area contributed by atoms with E-state index >= 15 is 0 Å². The van der Waals surface area contributed by atoms with E-state index in [1.807, 2.05) is 23.6 Å². The second kappa shape index (κ2) is 6.36. The molecule has 0 radical (unpaired) electrons. The highest BCUT2D eigenvalue weighted by atomic mass is 32.1. The fourth-order valence-electron chi connectivity index (χ4n) is 1.72. The van der Waals surface area contributed by atoms with Crippen molar-refractivity contribution >= 4 is 17.2 Å². The summed E-state index contributed by atoms with van der Waals surface area (Å²) < 4.78 is 10.9. The maximum absolute atomic E-state index is 7.45. The summed E-state index contributed by atoms with van der Waals surface area (Å²) in [5.74, 6) is 0.790. The van der Waals surface area contributed by atoms with Crippen LogP contribution in [0.15, 0.2) is 35.7 Å². The van der Waals surface area contributed by atoms with Crippen molar-refractivity contribution in [2.45, 2.75) is 13.2 Å². The molecule has 0 unspecified atom stereocenters. The number of thiophene rings is 1. The van der Waals surface area contributed by atoms with Gasteiger partial charge in [0, 0.05) is 16.0 Å². The van der Waals surface area contributed by atoms with E-state index in [0.29, 0.717) is 18.8 Å². The number of rotatable bonds is 6. The van der Waals surface area contributed by atoms with Gasteiger partial charge < -0.3 is 15.2 Å². The van der Waals surface area contributed by atoms with Crippen molar-refractivity contribution in [1.29, 1.82) is 5.41 Å². The topological polar surface area (TPSA) is 68.3 Å². The van der Waals surface area contributed by atoms with Crippen molar-refractivity contribution in [1.82, 2.24) is 0 Å². The molecule has 1 heterocycles. The van der Waals surface area contributed by atoms with Crippen LogP contribution in [0.4, 0.5) is 0 Å². The van der Waals surface area contributed by atoms with Gasteiger partial charge in [-0.2, -0.15) is 0 Å². The molecular weight excluding hydrogens is 260 g/mol. The lowest BCUT2D eigenvalue weighted by molar-refractivity contribution is 0.107. The molecule has 0 aliphatic carbocycles. The molecule has 3 N–H and O–H groups in total. The van der Waals surface area contributed by atoms with Crippen LogP contribution in [-0.4, -0.2) is 12.9 Å². The Hall–Kier alpha value is -1.85. The average molecular weight is 276 g/mol. The summed E-state index contributed by atoms with van der Waals surface area (Å²) in [4.78, 5) is 1.18. The van der Waals surface area contributed by atoms with E-state index < -0.39 is 0 Å². The number of amidine groups is 1. The van der Waals surface area contributed by atoms with Crippen molar-refractivity contribution in [3.05, 3.63) is 51.7 Å². The van der Waals surface area contributed by atoms with Crippen molar-refractivity contribution in [3.63, 3.8) is 0 Å². The predicted octanol–water partition coefficient (Wildman–Crippen LogP) is 2.76. The van der Waals surface area contributed by atoms with E-state index in [0.717, 1.165) is 11.3 Å². The van der Waals surface area contributed by atoms with Crippen LogP contribution >= 0.6 is 11.3 Å². The minimum Gasteiger partial charge on any atom is -0.496 e. The van der Waals surface area contributed by atoms with Gasteiger partial charge in [-0.15, -0.1) is 11.3 Å². The minimum absolute atomic E-state index is 0.0437. The molecule has 2 rings (SSSR count). The van der Waals surface area contributed by atoms with Crippen LogP contribution in [0.25, 0.3) is 0 Å². The van der Waals surface area contributed by atoms with Gasteiger partial charge in [-0.1, -0.05) is 6.07 Å². The van der Waals surface area contributed by atoms with Crippen LogP contribution in [0, 0.1) is 5.41 Å². The number of nitrogens with one attached hydrogen (secondary N) is 1. The third-order valence-electron chi connectivity index (χ3n) is 2.67. The molecule has 0 aliphatic rings. The van der Waals surface area contributed by atoms with Crippen LogP contribution in [-0.2, 0) is 18.0 Å². The first-order chi connectivity index (χ1) is 9.20. The van der Waals surface area contributed by atoms with Crippen LogP contribution < -0.4 is 10.5 Å². The van der Waals surface area contributed by atoms with Gasteiger partial charge in [0.1, 0.15) is 11.6 Å². The second-order valence-corrected chi connectivity index (χ2v) is 5.04. The molecule has 0 spiro atoms. The summed E-state index contributed by atoms with van der Waals surface area (Å²) in [6.45, 7) is 1.01. The summed E-state index contributed by atoms with van der Waals surface area (Å²) in [7, 11) is 1.62. The van der Waals surface area contributed by atoms with Gasteiger partial charge in [0.15, 0.2) is 0 Å². The molecule has 0 aliphatic heterocycles. The molecular formula is C14H16N2O2S.